The van der Waals surface area contributed by atoms with Crippen molar-refractivity contribution in [3.8, 4) is 0 Å². The lowest BCUT2D eigenvalue weighted by Gasteiger charge is -2.37. The molecule has 0 spiro atoms. The van der Waals surface area contributed by atoms with Crippen LogP contribution in [0.15, 0.2) is 53.6 Å². The molecule has 1 aliphatic rings. The van der Waals surface area contributed by atoms with E-state index in [1.165, 1.54) is 19.2 Å². The number of carbonyl (C=O) groups is 3. The van der Waals surface area contributed by atoms with Gasteiger partial charge in [-0.25, -0.2) is 23.4 Å². The molecule has 3 atom stereocenters. The number of hydroxylamine groups is 2. The lowest BCUT2D eigenvalue weighted by molar-refractivity contribution is -0.236. The van der Waals surface area contributed by atoms with Crippen LogP contribution in [0.2, 0.25) is 0 Å². The Balaban J connectivity index is 1.59. The molecule has 3 N–H and O–H groups in total. The van der Waals surface area contributed by atoms with E-state index in [1.807, 2.05) is 59.7 Å². The number of aliphatic hydroxyl groups excluding tert-OH is 1. The second kappa shape index (κ2) is 19.5. The summed E-state index contributed by atoms with van der Waals surface area (Å²) in [5.74, 6) is -1.69. The molecule has 3 rings (SSSR count). The fraction of sp³-hybridized carbons (Fsp3) is 0.568. The van der Waals surface area contributed by atoms with E-state index in [0.29, 0.717) is 18.4 Å². The minimum absolute atomic E-state index is 0.00849. The van der Waals surface area contributed by atoms with Crippen molar-refractivity contribution in [3.05, 3.63) is 71.3 Å². The van der Waals surface area contributed by atoms with Crippen LogP contribution in [0.1, 0.15) is 78.4 Å². The van der Waals surface area contributed by atoms with Crippen molar-refractivity contribution in [3.63, 3.8) is 0 Å². The van der Waals surface area contributed by atoms with Crippen LogP contribution in [0.4, 0.5) is 18.4 Å². The summed E-state index contributed by atoms with van der Waals surface area (Å²) >= 11 is 1.11. The molecule has 3 unspecified atom stereocenters. The van der Waals surface area contributed by atoms with Gasteiger partial charge in [0.15, 0.2) is 6.29 Å². The number of hydrogen-bond acceptors (Lipinski definition) is 10. The molecule has 0 radical (unpaired) electrons. The molecule has 13 nitrogen and oxygen atoms in total. The van der Waals surface area contributed by atoms with Gasteiger partial charge in [-0.3, -0.25) is 9.63 Å². The zero-order chi connectivity index (χ0) is 39.4. The number of urea groups is 1. The number of thioether (sulfide) groups is 1. The third-order valence-corrected chi connectivity index (χ3v) is 9.21. The topological polar surface area (TPSA) is 151 Å². The van der Waals surface area contributed by atoms with E-state index < -0.39 is 46.6 Å². The van der Waals surface area contributed by atoms with Gasteiger partial charge in [0.2, 0.25) is 5.91 Å². The van der Waals surface area contributed by atoms with Crippen molar-refractivity contribution in [2.24, 2.45) is 10.5 Å². The van der Waals surface area contributed by atoms with Crippen molar-refractivity contribution in [1.82, 2.24) is 20.7 Å². The number of rotatable bonds is 17. The van der Waals surface area contributed by atoms with Crippen LogP contribution in [0.25, 0.3) is 0 Å². The summed E-state index contributed by atoms with van der Waals surface area (Å²) in [6, 6.07) is 11.4. The number of benzene rings is 2. The van der Waals surface area contributed by atoms with Gasteiger partial charge < -0.3 is 30.0 Å². The number of hydrogen-bond donors (Lipinski definition) is 3. The molecule has 1 aliphatic heterocycles. The number of aliphatic hydroxyl groups is 1. The third kappa shape index (κ3) is 13.5. The van der Waals surface area contributed by atoms with Crippen molar-refractivity contribution < 1.29 is 47.3 Å². The lowest BCUT2D eigenvalue weighted by Crippen LogP contribution is -2.47. The highest BCUT2D eigenvalue weighted by atomic mass is 32.2. The number of carbonyl (C=O) groups excluding carboxylic acids is 3. The Morgan fingerprint density at radius 3 is 2.36 bits per heavy atom. The van der Waals surface area contributed by atoms with Crippen molar-refractivity contribution in [1.29, 1.82) is 0 Å². The Morgan fingerprint density at radius 1 is 1.04 bits per heavy atom. The maximum absolute atomic E-state index is 14.9. The second-order valence-corrected chi connectivity index (χ2v) is 15.9. The summed E-state index contributed by atoms with van der Waals surface area (Å²) in [5.41, 5.74) is -0.135. The number of alkyl carbamates (subject to hydrolysis) is 1. The first-order chi connectivity index (χ1) is 24.9. The normalized spacial score (nSPS) is 17.2. The monoisotopic (exact) mass is 765 g/mol. The number of nitrogens with one attached hydrogen (secondary N) is 2. The van der Waals surface area contributed by atoms with Crippen LogP contribution < -0.4 is 10.6 Å². The van der Waals surface area contributed by atoms with E-state index in [9.17, 15) is 28.3 Å². The summed E-state index contributed by atoms with van der Waals surface area (Å²) in [4.78, 5) is 42.7. The van der Waals surface area contributed by atoms with E-state index in [2.05, 4.69) is 15.7 Å². The molecule has 0 aromatic heterocycles. The van der Waals surface area contributed by atoms with Gasteiger partial charge in [0, 0.05) is 32.1 Å². The quantitative estimate of drug-likeness (QED) is 0.0985. The molecule has 1 heterocycles. The molecule has 16 heteroatoms. The first kappa shape index (κ1) is 43.6. The molecular formula is C37H53F2N5O8S. The van der Waals surface area contributed by atoms with Gasteiger partial charge in [0.1, 0.15) is 28.2 Å². The number of amides is 4. The SMILES string of the molecule is CON(C)C(=O)N1N=C(c2cc(F)ccc2F)SC1(CCCNC(=O)CCNC(=O)OCC(OC(CO)CC(C)(C)C)OC(C)(C)C)c1ccccc1. The van der Waals surface area contributed by atoms with Crippen molar-refractivity contribution in [2.45, 2.75) is 90.1 Å². The summed E-state index contributed by atoms with van der Waals surface area (Å²) in [5, 5.41) is 21.9. The molecular weight excluding hydrogens is 712 g/mol. The van der Waals surface area contributed by atoms with Gasteiger partial charge in [-0.1, -0.05) is 62.9 Å². The molecule has 2 aromatic carbocycles. The molecule has 2 aromatic rings. The molecule has 53 heavy (non-hydrogen) atoms. The van der Waals surface area contributed by atoms with Crippen LogP contribution in [0, 0.1) is 17.0 Å². The second-order valence-electron chi connectivity index (χ2n) is 14.7. The molecule has 0 saturated carbocycles. The molecule has 0 saturated heterocycles. The minimum atomic E-state index is -1.20. The van der Waals surface area contributed by atoms with E-state index in [4.69, 9.17) is 19.0 Å². The predicted octanol–water partition coefficient (Wildman–Crippen LogP) is 6.11. The Hall–Kier alpha value is -3.83. The Bertz CT molecular complexity index is 1560. The number of hydrazone groups is 1. The summed E-state index contributed by atoms with van der Waals surface area (Å²) in [6.07, 6.45) is -1.07. The van der Waals surface area contributed by atoms with Gasteiger partial charge in [-0.05, 0) is 69.2 Å². The van der Waals surface area contributed by atoms with Gasteiger partial charge in [0.25, 0.3) is 0 Å². The van der Waals surface area contributed by atoms with Crippen LogP contribution in [0.3, 0.4) is 0 Å². The zero-order valence-corrected chi connectivity index (χ0v) is 32.6. The van der Waals surface area contributed by atoms with Gasteiger partial charge in [-0.15, -0.1) is 0 Å². The van der Waals surface area contributed by atoms with E-state index in [0.717, 1.165) is 35.0 Å². The Labute approximate surface area is 314 Å². The molecule has 4 amide bonds. The number of nitrogens with zero attached hydrogens (tertiary/aromatic N) is 3. The van der Waals surface area contributed by atoms with Crippen LogP contribution in [-0.2, 0) is 28.7 Å². The largest absolute Gasteiger partial charge is 0.444 e. The van der Waals surface area contributed by atoms with Crippen LogP contribution >= 0.6 is 11.8 Å². The average molecular weight is 766 g/mol. The standard InChI is InChI=1S/C37H53F2N5O8S/c1-35(2,3)22-27(23-45)51-31(52-36(4,5)6)24-50-33(47)41-20-17-30(46)40-19-12-18-37(25-13-10-9-11-14-25)44(34(48)43(7)49-8)42-32(53-37)28-21-26(38)15-16-29(28)39/h9-11,13-16,21,27,31,45H,12,17-20,22-24H2,1-8H3,(H,40,46)(H,41,47). The van der Waals surface area contributed by atoms with Crippen LogP contribution in [0.5, 0.6) is 0 Å². The van der Waals surface area contributed by atoms with E-state index >= 15 is 0 Å². The number of halogens is 2. The maximum Gasteiger partial charge on any atom is 0.407 e. The summed E-state index contributed by atoms with van der Waals surface area (Å²) < 4.78 is 46.3. The highest BCUT2D eigenvalue weighted by Crippen LogP contribution is 2.51. The fourth-order valence-corrected chi connectivity index (χ4v) is 6.84. The van der Waals surface area contributed by atoms with Gasteiger partial charge >= 0.3 is 12.1 Å². The first-order valence-corrected chi connectivity index (χ1v) is 18.2. The highest BCUT2D eigenvalue weighted by Gasteiger charge is 2.49. The molecule has 0 aliphatic carbocycles. The predicted molar refractivity (Wildman–Crippen MR) is 197 cm³/mol. The van der Waals surface area contributed by atoms with Crippen molar-refractivity contribution in [2.75, 3.05) is 40.5 Å². The van der Waals surface area contributed by atoms with Crippen LogP contribution in [-0.4, -0.2) is 96.7 Å². The summed E-state index contributed by atoms with van der Waals surface area (Å²) in [7, 11) is 2.73. The Kier molecular flexibility index (Phi) is 16.0. The van der Waals surface area contributed by atoms with Crippen molar-refractivity contribution >= 4 is 34.8 Å². The Morgan fingerprint density at radius 2 is 1.74 bits per heavy atom. The third-order valence-electron chi connectivity index (χ3n) is 7.77. The van der Waals surface area contributed by atoms with Gasteiger partial charge in [0.05, 0.1) is 25.4 Å². The molecule has 0 bridgehead atoms. The summed E-state index contributed by atoms with van der Waals surface area (Å²) in [6.45, 7) is 11.3. The highest BCUT2D eigenvalue weighted by molar-refractivity contribution is 8.15. The fourth-order valence-electron chi connectivity index (χ4n) is 5.42. The average Bonchev–Trinajstić information content (AvgIpc) is 3.48. The van der Waals surface area contributed by atoms with E-state index in [-0.39, 0.29) is 61.1 Å². The zero-order valence-electron chi connectivity index (χ0n) is 31.7. The minimum Gasteiger partial charge on any atom is -0.444 e. The lowest BCUT2D eigenvalue weighted by atomic mass is 9.89. The maximum atomic E-state index is 14.9. The molecule has 0 fully saturated rings. The van der Waals surface area contributed by atoms with Gasteiger partial charge in [-0.2, -0.15) is 10.1 Å². The first-order valence-electron chi connectivity index (χ1n) is 17.4. The molecule has 294 valence electrons. The van der Waals surface area contributed by atoms with E-state index in [1.54, 1.807) is 12.1 Å². The number of ether oxygens (including phenoxy) is 3. The smallest absolute Gasteiger partial charge is 0.407 e.